The highest BCUT2D eigenvalue weighted by Gasteiger charge is 2.50. The number of carboxylic acids is 1. The van der Waals surface area contributed by atoms with Crippen LogP contribution in [0.5, 0.6) is 0 Å². The maximum atomic E-state index is 12.6. The molecular weight excluding hydrogens is 316 g/mol. The van der Waals surface area contributed by atoms with Gasteiger partial charge in [-0.25, -0.2) is 0 Å². The van der Waals surface area contributed by atoms with Gasteiger partial charge in [0.05, 0.1) is 0 Å². The lowest BCUT2D eigenvalue weighted by molar-refractivity contribution is -0.158. The van der Waals surface area contributed by atoms with Gasteiger partial charge in [0, 0.05) is 50.8 Å². The molecule has 0 amide bonds. The zero-order valence-electron chi connectivity index (χ0n) is 14.9. The molecule has 138 valence electrons. The molecule has 1 aliphatic carbocycles. The largest absolute Gasteiger partial charge is 0.480 e. The van der Waals surface area contributed by atoms with E-state index < -0.39 is 11.5 Å². The zero-order valence-corrected chi connectivity index (χ0v) is 14.9. The number of pyridine rings is 1. The van der Waals surface area contributed by atoms with E-state index in [4.69, 9.17) is 0 Å². The second-order valence-corrected chi connectivity index (χ2v) is 7.21. The average Bonchev–Trinajstić information content (AvgIpc) is 2.67. The van der Waals surface area contributed by atoms with Crippen LogP contribution in [0.1, 0.15) is 38.5 Å². The smallest absolute Gasteiger partial charge is 0.324 e. The van der Waals surface area contributed by atoms with Crippen LogP contribution in [-0.2, 0) is 4.79 Å². The van der Waals surface area contributed by atoms with Crippen molar-refractivity contribution >= 4 is 11.7 Å². The van der Waals surface area contributed by atoms with Gasteiger partial charge in [0.25, 0.3) is 0 Å². The molecule has 2 aliphatic rings. The molecule has 1 aromatic heterocycles. The Labute approximate surface area is 150 Å². The van der Waals surface area contributed by atoms with Gasteiger partial charge < -0.3 is 15.7 Å². The van der Waals surface area contributed by atoms with Crippen molar-refractivity contribution in [2.45, 2.75) is 44.1 Å². The van der Waals surface area contributed by atoms with E-state index in [9.17, 15) is 9.90 Å². The normalized spacial score (nSPS) is 22.2. The first-order valence-corrected chi connectivity index (χ1v) is 9.56. The van der Waals surface area contributed by atoms with Crippen molar-refractivity contribution in [1.82, 2.24) is 15.2 Å². The highest BCUT2D eigenvalue weighted by atomic mass is 16.4. The van der Waals surface area contributed by atoms with Crippen LogP contribution in [0.15, 0.2) is 24.5 Å². The topological polar surface area (TPSA) is 77.5 Å². The summed E-state index contributed by atoms with van der Waals surface area (Å²) in [4.78, 5) is 18.8. The molecule has 1 saturated heterocycles. The Morgan fingerprint density at radius 3 is 2.56 bits per heavy atom. The second kappa shape index (κ2) is 8.63. The molecule has 1 aliphatic heterocycles. The van der Waals surface area contributed by atoms with Crippen LogP contribution in [0, 0.1) is 5.92 Å². The van der Waals surface area contributed by atoms with Crippen LogP contribution in [0.2, 0.25) is 0 Å². The lowest BCUT2D eigenvalue weighted by atomic mass is 9.71. The van der Waals surface area contributed by atoms with E-state index in [0.717, 1.165) is 57.5 Å². The van der Waals surface area contributed by atoms with E-state index >= 15 is 0 Å². The van der Waals surface area contributed by atoms with Gasteiger partial charge in [0.2, 0.25) is 0 Å². The third kappa shape index (κ3) is 4.12. The van der Waals surface area contributed by atoms with Crippen LogP contribution in [0.3, 0.4) is 0 Å². The fourth-order valence-electron chi connectivity index (χ4n) is 4.55. The summed E-state index contributed by atoms with van der Waals surface area (Å²) in [5.74, 6) is -0.395. The second-order valence-electron chi connectivity index (χ2n) is 7.21. The first-order valence-electron chi connectivity index (χ1n) is 9.56. The number of aliphatic carboxylic acids is 1. The predicted molar refractivity (Wildman–Crippen MR) is 98.7 cm³/mol. The van der Waals surface area contributed by atoms with Crippen LogP contribution in [0.25, 0.3) is 0 Å². The number of piperazine rings is 1. The average molecular weight is 346 g/mol. The van der Waals surface area contributed by atoms with E-state index in [1.165, 1.54) is 6.42 Å². The SMILES string of the molecule is O=C(O)C(CCNc1ccncc1)(C1CCCCC1)N1CCNCC1. The molecular formula is C19H30N4O2. The van der Waals surface area contributed by atoms with E-state index in [1.54, 1.807) is 12.4 Å². The van der Waals surface area contributed by atoms with Gasteiger partial charge in [0.1, 0.15) is 5.54 Å². The van der Waals surface area contributed by atoms with E-state index in [0.29, 0.717) is 13.0 Å². The Bertz CT molecular complexity index is 522. The molecule has 2 heterocycles. The van der Waals surface area contributed by atoms with Crippen molar-refractivity contribution in [3.8, 4) is 0 Å². The molecule has 0 aromatic carbocycles. The predicted octanol–water partition coefficient (Wildman–Crippen LogP) is 2.19. The fourth-order valence-corrected chi connectivity index (χ4v) is 4.55. The molecule has 1 unspecified atom stereocenters. The monoisotopic (exact) mass is 346 g/mol. The van der Waals surface area contributed by atoms with Gasteiger partial charge in [-0.2, -0.15) is 0 Å². The van der Waals surface area contributed by atoms with Gasteiger partial charge in [-0.1, -0.05) is 19.3 Å². The highest BCUT2D eigenvalue weighted by Crippen LogP contribution is 2.39. The minimum atomic E-state index is -0.747. The summed E-state index contributed by atoms with van der Waals surface area (Å²) >= 11 is 0. The number of anilines is 1. The molecule has 25 heavy (non-hydrogen) atoms. The number of carboxylic acid groups (broad SMARTS) is 1. The Kier molecular flexibility index (Phi) is 6.26. The molecule has 1 saturated carbocycles. The molecule has 2 fully saturated rings. The third-order valence-corrected chi connectivity index (χ3v) is 5.85. The number of carbonyl (C=O) groups is 1. The zero-order chi connectivity index (χ0) is 17.5. The van der Waals surface area contributed by atoms with Crippen molar-refractivity contribution in [3.63, 3.8) is 0 Å². The maximum absolute atomic E-state index is 12.6. The van der Waals surface area contributed by atoms with Crippen molar-refractivity contribution in [2.75, 3.05) is 38.0 Å². The van der Waals surface area contributed by atoms with Crippen molar-refractivity contribution in [3.05, 3.63) is 24.5 Å². The van der Waals surface area contributed by atoms with Gasteiger partial charge in [-0.05, 0) is 37.3 Å². The molecule has 0 bridgehead atoms. The Balaban J connectivity index is 1.77. The summed E-state index contributed by atoms with van der Waals surface area (Å²) in [6, 6.07) is 3.85. The minimum absolute atomic E-state index is 0.246. The van der Waals surface area contributed by atoms with E-state index in [1.807, 2.05) is 12.1 Å². The third-order valence-electron chi connectivity index (χ3n) is 5.85. The van der Waals surface area contributed by atoms with Crippen molar-refractivity contribution in [1.29, 1.82) is 0 Å². The van der Waals surface area contributed by atoms with Gasteiger partial charge >= 0.3 is 5.97 Å². The lowest BCUT2D eigenvalue weighted by Crippen LogP contribution is -2.64. The summed E-state index contributed by atoms with van der Waals surface area (Å²) in [6.07, 6.45) is 9.76. The summed E-state index contributed by atoms with van der Waals surface area (Å²) in [5, 5.41) is 17.1. The molecule has 1 atom stereocenters. The molecule has 0 spiro atoms. The van der Waals surface area contributed by atoms with Gasteiger partial charge in [-0.15, -0.1) is 0 Å². The highest BCUT2D eigenvalue weighted by molar-refractivity contribution is 5.79. The van der Waals surface area contributed by atoms with Crippen molar-refractivity contribution < 1.29 is 9.90 Å². The summed E-state index contributed by atoms with van der Waals surface area (Å²) in [5.41, 5.74) is 0.251. The van der Waals surface area contributed by atoms with Crippen molar-refractivity contribution in [2.24, 2.45) is 5.92 Å². The summed E-state index contributed by atoms with van der Waals surface area (Å²) < 4.78 is 0. The first kappa shape index (κ1) is 18.1. The fraction of sp³-hybridized carbons (Fsp3) is 0.684. The summed E-state index contributed by atoms with van der Waals surface area (Å²) in [6.45, 7) is 4.05. The molecule has 0 radical (unpaired) electrons. The number of aromatic nitrogens is 1. The summed E-state index contributed by atoms with van der Waals surface area (Å²) in [7, 11) is 0. The standard InChI is InChI=1S/C19H30N4O2/c24-18(25)19(16-4-2-1-3-5-16,23-14-12-21-13-15-23)8-11-22-17-6-9-20-10-7-17/h6-7,9-10,16,21H,1-5,8,11-15H2,(H,20,22)(H,24,25). The van der Waals surface area contributed by atoms with Crippen LogP contribution in [-0.4, -0.2) is 59.2 Å². The Morgan fingerprint density at radius 2 is 1.92 bits per heavy atom. The number of nitrogens with zero attached hydrogens (tertiary/aromatic N) is 2. The number of hydrogen-bond acceptors (Lipinski definition) is 5. The molecule has 3 N–H and O–H groups in total. The Hall–Kier alpha value is -1.66. The lowest BCUT2D eigenvalue weighted by Gasteiger charge is -2.48. The van der Waals surface area contributed by atoms with Crippen LogP contribution < -0.4 is 10.6 Å². The first-order chi connectivity index (χ1) is 12.2. The molecule has 3 rings (SSSR count). The number of hydrogen-bond donors (Lipinski definition) is 3. The molecule has 6 heteroatoms. The quantitative estimate of drug-likeness (QED) is 0.702. The number of rotatable bonds is 7. The van der Waals surface area contributed by atoms with Crippen LogP contribution in [0.4, 0.5) is 5.69 Å². The minimum Gasteiger partial charge on any atom is -0.480 e. The molecule has 6 nitrogen and oxygen atoms in total. The van der Waals surface area contributed by atoms with E-state index in [2.05, 4.69) is 20.5 Å². The Morgan fingerprint density at radius 1 is 1.24 bits per heavy atom. The van der Waals surface area contributed by atoms with E-state index in [-0.39, 0.29) is 5.92 Å². The van der Waals surface area contributed by atoms with Gasteiger partial charge in [-0.3, -0.25) is 14.7 Å². The molecule has 1 aromatic rings. The maximum Gasteiger partial charge on any atom is 0.324 e. The van der Waals surface area contributed by atoms with Gasteiger partial charge in [0.15, 0.2) is 0 Å². The number of nitrogens with one attached hydrogen (secondary N) is 2. The van der Waals surface area contributed by atoms with Crippen LogP contribution >= 0.6 is 0 Å².